The van der Waals surface area contributed by atoms with Crippen molar-refractivity contribution >= 4 is 0 Å². The predicted molar refractivity (Wildman–Crippen MR) is 63.5 cm³/mol. The van der Waals surface area contributed by atoms with Gasteiger partial charge in [-0.15, -0.1) is 0 Å². The highest BCUT2D eigenvalue weighted by atomic mass is 19.1. The molecule has 0 aliphatic rings. The Morgan fingerprint density at radius 1 is 0.842 bits per heavy atom. The number of nitrogens with two attached hydrogens (primary N) is 1. The Kier molecular flexibility index (Phi) is 3.57. The van der Waals surface area contributed by atoms with E-state index in [2.05, 4.69) is 0 Å². The fraction of sp³-hybridized carbons (Fsp3) is 0.143. The molecule has 1 unspecified atom stereocenters. The lowest BCUT2D eigenvalue weighted by molar-refractivity contribution is 0.546. The molecule has 0 radical (unpaired) electrons. The van der Waals surface area contributed by atoms with Crippen LogP contribution in [0.3, 0.4) is 0 Å². The highest BCUT2D eigenvalue weighted by Gasteiger charge is 2.19. The molecule has 0 amide bonds. The quantitative estimate of drug-likeness (QED) is 0.828. The topological polar surface area (TPSA) is 26.0 Å². The third-order valence-corrected chi connectivity index (χ3v) is 2.91. The van der Waals surface area contributed by atoms with Crippen molar-refractivity contribution in [2.75, 3.05) is 0 Å². The second-order valence-electron chi connectivity index (χ2n) is 4.27. The molecule has 2 aromatic carbocycles. The lowest BCUT2D eigenvalue weighted by Gasteiger charge is -2.15. The minimum absolute atomic E-state index is 0.0376. The zero-order chi connectivity index (χ0) is 14.2. The highest BCUT2D eigenvalue weighted by molar-refractivity contribution is 5.36. The first-order valence-corrected chi connectivity index (χ1v) is 5.56. The van der Waals surface area contributed by atoms with E-state index in [1.165, 1.54) is 13.0 Å². The average molecular weight is 269 g/mol. The van der Waals surface area contributed by atoms with Crippen LogP contribution < -0.4 is 5.73 Å². The first-order valence-electron chi connectivity index (χ1n) is 5.56. The molecule has 1 nitrogen and oxygen atoms in total. The Hall–Kier alpha value is -1.88. The van der Waals surface area contributed by atoms with Gasteiger partial charge in [-0.2, -0.15) is 0 Å². The molecule has 0 fully saturated rings. The SMILES string of the molecule is Cc1cc(C(N)c2ccc(F)cc2F)c(F)cc1F. The smallest absolute Gasteiger partial charge is 0.131 e. The molecule has 0 aromatic heterocycles. The first kappa shape index (κ1) is 13.5. The van der Waals surface area contributed by atoms with E-state index in [9.17, 15) is 17.6 Å². The third-order valence-electron chi connectivity index (χ3n) is 2.91. The molecule has 0 aliphatic heterocycles. The van der Waals surface area contributed by atoms with Crippen molar-refractivity contribution in [3.63, 3.8) is 0 Å². The standard InChI is InChI=1S/C14H11F4N/c1-7-4-10(13(18)6-11(7)16)14(19)9-3-2-8(15)5-12(9)17/h2-6,14H,19H2,1H3. The van der Waals surface area contributed by atoms with E-state index in [4.69, 9.17) is 5.73 Å². The Balaban J connectivity index is 2.49. The molecule has 1 atom stereocenters. The predicted octanol–water partition coefficient (Wildman–Crippen LogP) is 3.60. The van der Waals surface area contributed by atoms with Crippen LogP contribution in [0.1, 0.15) is 22.7 Å². The van der Waals surface area contributed by atoms with Crippen LogP contribution in [0.4, 0.5) is 17.6 Å². The summed E-state index contributed by atoms with van der Waals surface area (Å²) in [5, 5.41) is 0. The minimum Gasteiger partial charge on any atom is -0.320 e. The van der Waals surface area contributed by atoms with Crippen LogP contribution in [0.15, 0.2) is 30.3 Å². The van der Waals surface area contributed by atoms with Gasteiger partial charge < -0.3 is 5.73 Å². The van der Waals surface area contributed by atoms with E-state index in [-0.39, 0.29) is 16.7 Å². The van der Waals surface area contributed by atoms with Gasteiger partial charge in [0, 0.05) is 23.3 Å². The van der Waals surface area contributed by atoms with Crippen LogP contribution in [-0.2, 0) is 0 Å². The summed E-state index contributed by atoms with van der Waals surface area (Å²) in [5.74, 6) is -3.18. The molecule has 19 heavy (non-hydrogen) atoms. The fourth-order valence-corrected chi connectivity index (χ4v) is 1.84. The normalized spacial score (nSPS) is 12.5. The van der Waals surface area contributed by atoms with E-state index >= 15 is 0 Å². The van der Waals surface area contributed by atoms with Crippen molar-refractivity contribution in [1.82, 2.24) is 0 Å². The maximum Gasteiger partial charge on any atom is 0.131 e. The summed E-state index contributed by atoms with van der Waals surface area (Å²) in [5.41, 5.74) is 5.88. The summed E-state index contributed by atoms with van der Waals surface area (Å²) in [4.78, 5) is 0. The molecule has 2 rings (SSSR count). The van der Waals surface area contributed by atoms with Crippen molar-refractivity contribution in [3.8, 4) is 0 Å². The van der Waals surface area contributed by atoms with E-state index in [0.29, 0.717) is 12.1 Å². The number of rotatable bonds is 2. The molecular weight excluding hydrogens is 258 g/mol. The lowest BCUT2D eigenvalue weighted by atomic mass is 9.97. The molecule has 5 heteroatoms. The summed E-state index contributed by atoms with van der Waals surface area (Å²) in [6.07, 6.45) is 0. The van der Waals surface area contributed by atoms with Crippen LogP contribution in [0.2, 0.25) is 0 Å². The molecule has 2 aromatic rings. The number of hydrogen-bond donors (Lipinski definition) is 1. The van der Waals surface area contributed by atoms with Crippen molar-refractivity contribution < 1.29 is 17.6 Å². The molecule has 0 bridgehead atoms. The van der Waals surface area contributed by atoms with Crippen LogP contribution >= 0.6 is 0 Å². The van der Waals surface area contributed by atoms with E-state index < -0.39 is 29.3 Å². The second kappa shape index (κ2) is 5.01. The largest absolute Gasteiger partial charge is 0.320 e. The molecule has 0 saturated heterocycles. The van der Waals surface area contributed by atoms with Crippen molar-refractivity contribution in [3.05, 3.63) is 70.3 Å². The summed E-state index contributed by atoms with van der Waals surface area (Å²) < 4.78 is 53.2. The Morgan fingerprint density at radius 2 is 1.47 bits per heavy atom. The van der Waals surface area contributed by atoms with Gasteiger partial charge >= 0.3 is 0 Å². The van der Waals surface area contributed by atoms with Gasteiger partial charge in [0.05, 0.1) is 6.04 Å². The average Bonchev–Trinajstić information content (AvgIpc) is 2.33. The molecule has 100 valence electrons. The highest BCUT2D eigenvalue weighted by Crippen LogP contribution is 2.26. The number of halogens is 4. The Labute approximate surface area is 107 Å². The van der Waals surface area contributed by atoms with Crippen LogP contribution in [0.25, 0.3) is 0 Å². The van der Waals surface area contributed by atoms with Gasteiger partial charge in [-0.1, -0.05) is 6.07 Å². The van der Waals surface area contributed by atoms with Gasteiger partial charge in [0.15, 0.2) is 0 Å². The van der Waals surface area contributed by atoms with E-state index in [1.54, 1.807) is 0 Å². The maximum absolute atomic E-state index is 13.7. The number of aryl methyl sites for hydroxylation is 1. The summed E-state index contributed by atoms with van der Waals surface area (Å²) in [6, 6.07) is 3.65. The molecule has 0 saturated carbocycles. The Bertz CT molecular complexity index is 625. The molecule has 0 heterocycles. The maximum atomic E-state index is 13.7. The Morgan fingerprint density at radius 3 is 2.11 bits per heavy atom. The fourth-order valence-electron chi connectivity index (χ4n) is 1.84. The van der Waals surface area contributed by atoms with E-state index in [0.717, 1.165) is 12.1 Å². The summed E-state index contributed by atoms with van der Waals surface area (Å²) >= 11 is 0. The molecule has 0 aliphatic carbocycles. The van der Waals surface area contributed by atoms with Gasteiger partial charge in [0.2, 0.25) is 0 Å². The summed E-state index contributed by atoms with van der Waals surface area (Å²) in [7, 11) is 0. The monoisotopic (exact) mass is 269 g/mol. The second-order valence-corrected chi connectivity index (χ2v) is 4.27. The first-order chi connectivity index (χ1) is 8.90. The summed E-state index contributed by atoms with van der Waals surface area (Å²) in [6.45, 7) is 1.45. The van der Waals surface area contributed by atoms with Gasteiger partial charge in [-0.25, -0.2) is 17.6 Å². The molecule has 0 spiro atoms. The van der Waals surface area contributed by atoms with Crippen LogP contribution in [-0.4, -0.2) is 0 Å². The lowest BCUT2D eigenvalue weighted by Crippen LogP contribution is -2.16. The van der Waals surface area contributed by atoms with Crippen molar-refractivity contribution in [2.24, 2.45) is 5.73 Å². The zero-order valence-corrected chi connectivity index (χ0v) is 10.1. The third kappa shape index (κ3) is 2.61. The number of hydrogen-bond acceptors (Lipinski definition) is 1. The molecule has 2 N–H and O–H groups in total. The minimum atomic E-state index is -1.13. The van der Waals surface area contributed by atoms with Crippen molar-refractivity contribution in [2.45, 2.75) is 13.0 Å². The van der Waals surface area contributed by atoms with Crippen molar-refractivity contribution in [1.29, 1.82) is 0 Å². The van der Waals surface area contributed by atoms with Gasteiger partial charge in [0.1, 0.15) is 23.3 Å². The van der Waals surface area contributed by atoms with Gasteiger partial charge in [-0.05, 0) is 24.6 Å². The molecular formula is C14H11F4N. The van der Waals surface area contributed by atoms with Crippen LogP contribution in [0.5, 0.6) is 0 Å². The number of benzene rings is 2. The van der Waals surface area contributed by atoms with Gasteiger partial charge in [-0.3, -0.25) is 0 Å². The van der Waals surface area contributed by atoms with E-state index in [1.807, 2.05) is 0 Å². The van der Waals surface area contributed by atoms with Crippen LogP contribution in [0, 0.1) is 30.2 Å². The van der Waals surface area contributed by atoms with Gasteiger partial charge in [0.25, 0.3) is 0 Å². The zero-order valence-electron chi connectivity index (χ0n) is 10.1.